The molecule has 0 saturated carbocycles. The van der Waals surface area contributed by atoms with Gasteiger partial charge in [0.2, 0.25) is 0 Å². The molecule has 1 amide bonds. The quantitative estimate of drug-likeness (QED) is 0.903. The number of rotatable bonds is 3. The molecular weight excluding hydrogens is 262 g/mol. The van der Waals surface area contributed by atoms with Crippen LogP contribution in [0.15, 0.2) is 36.5 Å². The van der Waals surface area contributed by atoms with E-state index < -0.39 is 0 Å². The third-order valence-electron chi connectivity index (χ3n) is 2.73. The zero-order valence-corrected chi connectivity index (χ0v) is 11.5. The van der Waals surface area contributed by atoms with Gasteiger partial charge < -0.3 is 10.6 Å². The van der Waals surface area contributed by atoms with Crippen molar-refractivity contribution in [1.82, 2.24) is 4.98 Å². The molecule has 4 nitrogen and oxygen atoms in total. The molecule has 1 aromatic heterocycles. The van der Waals surface area contributed by atoms with Crippen LogP contribution in [0.1, 0.15) is 15.9 Å². The predicted molar refractivity (Wildman–Crippen MR) is 77.9 cm³/mol. The number of nitrogens with one attached hydrogen (secondary N) is 2. The lowest BCUT2D eigenvalue weighted by molar-refractivity contribution is 0.102. The Hall–Kier alpha value is -2.07. The summed E-state index contributed by atoms with van der Waals surface area (Å²) in [5.41, 5.74) is 2.61. The molecule has 98 valence electrons. The number of hydrogen-bond donors (Lipinski definition) is 2. The number of carbonyl (C=O) groups excluding carboxylic acids is 1. The Labute approximate surface area is 116 Å². The van der Waals surface area contributed by atoms with Crippen molar-refractivity contribution >= 4 is 29.0 Å². The number of benzene rings is 1. The van der Waals surface area contributed by atoms with Crippen LogP contribution >= 0.6 is 11.6 Å². The van der Waals surface area contributed by atoms with Gasteiger partial charge in [0.25, 0.3) is 5.91 Å². The molecule has 5 heteroatoms. The zero-order valence-electron chi connectivity index (χ0n) is 10.7. The van der Waals surface area contributed by atoms with E-state index in [1.165, 1.54) is 6.20 Å². The highest BCUT2D eigenvalue weighted by molar-refractivity contribution is 6.30. The third kappa shape index (κ3) is 3.23. The van der Waals surface area contributed by atoms with E-state index in [0.29, 0.717) is 16.4 Å². The van der Waals surface area contributed by atoms with Crippen molar-refractivity contribution in [2.75, 3.05) is 17.7 Å². The molecule has 0 aliphatic heterocycles. The van der Waals surface area contributed by atoms with E-state index in [9.17, 15) is 4.79 Å². The van der Waals surface area contributed by atoms with E-state index in [4.69, 9.17) is 11.6 Å². The number of pyridine rings is 1. The summed E-state index contributed by atoms with van der Waals surface area (Å²) >= 11 is 5.74. The Morgan fingerprint density at radius 2 is 2.05 bits per heavy atom. The molecule has 0 aliphatic rings. The van der Waals surface area contributed by atoms with Crippen LogP contribution in [0.3, 0.4) is 0 Å². The largest absolute Gasteiger partial charge is 0.388 e. The molecule has 19 heavy (non-hydrogen) atoms. The van der Waals surface area contributed by atoms with Gasteiger partial charge >= 0.3 is 0 Å². The molecule has 0 atom stereocenters. The van der Waals surface area contributed by atoms with Crippen LogP contribution in [0.5, 0.6) is 0 Å². The molecular formula is C14H14ClN3O. The van der Waals surface area contributed by atoms with E-state index in [2.05, 4.69) is 15.6 Å². The van der Waals surface area contributed by atoms with Gasteiger partial charge in [-0.25, -0.2) is 4.98 Å². The molecule has 0 spiro atoms. The van der Waals surface area contributed by atoms with Crippen molar-refractivity contribution in [3.05, 3.63) is 52.7 Å². The van der Waals surface area contributed by atoms with Crippen molar-refractivity contribution in [2.24, 2.45) is 0 Å². The summed E-state index contributed by atoms with van der Waals surface area (Å²) in [6.07, 6.45) is 1.49. The maximum Gasteiger partial charge on any atom is 0.256 e. The second-order valence-corrected chi connectivity index (χ2v) is 4.53. The molecule has 2 N–H and O–H groups in total. The molecule has 0 aliphatic carbocycles. The fourth-order valence-electron chi connectivity index (χ4n) is 1.72. The van der Waals surface area contributed by atoms with Gasteiger partial charge in [0.1, 0.15) is 5.82 Å². The van der Waals surface area contributed by atoms with Gasteiger partial charge in [-0.1, -0.05) is 11.6 Å². The molecule has 0 bridgehead atoms. The number of nitrogens with zero attached hydrogens (tertiary/aromatic N) is 1. The van der Waals surface area contributed by atoms with Crippen LogP contribution < -0.4 is 10.6 Å². The minimum atomic E-state index is -0.194. The molecule has 2 aromatic rings. The van der Waals surface area contributed by atoms with Crippen molar-refractivity contribution in [2.45, 2.75) is 6.92 Å². The van der Waals surface area contributed by atoms with E-state index in [1.54, 1.807) is 18.2 Å². The number of amides is 1. The second-order valence-electron chi connectivity index (χ2n) is 4.10. The van der Waals surface area contributed by atoms with Gasteiger partial charge in [-0.3, -0.25) is 4.79 Å². The number of aromatic nitrogens is 1. The first-order chi connectivity index (χ1) is 9.10. The summed E-state index contributed by atoms with van der Waals surface area (Å²) in [7, 11) is 1.85. The Kier molecular flexibility index (Phi) is 4.02. The highest BCUT2D eigenvalue weighted by Gasteiger charge is 2.08. The van der Waals surface area contributed by atoms with Crippen molar-refractivity contribution in [1.29, 1.82) is 0 Å². The average Bonchev–Trinajstić information content (AvgIpc) is 2.41. The number of carbonyl (C=O) groups is 1. The smallest absolute Gasteiger partial charge is 0.256 e. The van der Waals surface area contributed by atoms with Crippen LogP contribution in [0.2, 0.25) is 5.02 Å². The Balaban J connectivity index is 2.16. The van der Waals surface area contributed by atoms with Gasteiger partial charge in [0.05, 0.1) is 5.02 Å². The normalized spacial score (nSPS) is 10.1. The highest BCUT2D eigenvalue weighted by atomic mass is 35.5. The van der Waals surface area contributed by atoms with Crippen LogP contribution in [0, 0.1) is 6.92 Å². The average molecular weight is 276 g/mol. The van der Waals surface area contributed by atoms with Crippen molar-refractivity contribution in [3.8, 4) is 0 Å². The lowest BCUT2D eigenvalue weighted by Gasteiger charge is -2.08. The van der Waals surface area contributed by atoms with Gasteiger partial charge in [0.15, 0.2) is 0 Å². The standard InChI is InChI=1S/C14H14ClN3O/c1-9-7-10(3-5-12(9)16-2)14(19)18-13-6-4-11(15)8-17-13/h3-8,16H,1-2H3,(H,17,18,19). The Morgan fingerprint density at radius 3 is 2.63 bits per heavy atom. The minimum absolute atomic E-state index is 0.194. The maximum atomic E-state index is 12.0. The fraction of sp³-hybridized carbons (Fsp3) is 0.143. The second kappa shape index (κ2) is 5.71. The third-order valence-corrected chi connectivity index (χ3v) is 2.95. The minimum Gasteiger partial charge on any atom is -0.388 e. The Bertz CT molecular complexity index is 596. The van der Waals surface area contributed by atoms with E-state index in [0.717, 1.165) is 11.3 Å². The zero-order chi connectivity index (χ0) is 13.8. The van der Waals surface area contributed by atoms with Crippen LogP contribution in [0.4, 0.5) is 11.5 Å². The maximum absolute atomic E-state index is 12.0. The van der Waals surface area contributed by atoms with Gasteiger partial charge in [-0.05, 0) is 42.8 Å². The predicted octanol–water partition coefficient (Wildman–Crippen LogP) is 3.34. The molecule has 0 unspecified atom stereocenters. The SMILES string of the molecule is CNc1ccc(C(=O)Nc2ccc(Cl)cn2)cc1C. The number of anilines is 2. The summed E-state index contributed by atoms with van der Waals surface area (Å²) in [5.74, 6) is 0.283. The summed E-state index contributed by atoms with van der Waals surface area (Å²) < 4.78 is 0. The summed E-state index contributed by atoms with van der Waals surface area (Å²) in [6, 6.07) is 8.81. The first-order valence-electron chi connectivity index (χ1n) is 5.81. The van der Waals surface area contributed by atoms with E-state index in [-0.39, 0.29) is 5.91 Å². The van der Waals surface area contributed by atoms with Crippen molar-refractivity contribution < 1.29 is 4.79 Å². The summed E-state index contributed by atoms with van der Waals surface area (Å²) in [6.45, 7) is 1.95. The Morgan fingerprint density at radius 1 is 1.26 bits per heavy atom. The topological polar surface area (TPSA) is 54.0 Å². The molecule has 1 aromatic carbocycles. The first-order valence-corrected chi connectivity index (χ1v) is 6.19. The molecule has 1 heterocycles. The molecule has 0 radical (unpaired) electrons. The molecule has 2 rings (SSSR count). The number of halogens is 1. The summed E-state index contributed by atoms with van der Waals surface area (Å²) in [5, 5.41) is 6.31. The summed E-state index contributed by atoms with van der Waals surface area (Å²) in [4.78, 5) is 16.1. The first kappa shape index (κ1) is 13.4. The molecule has 0 fully saturated rings. The molecule has 0 saturated heterocycles. The van der Waals surface area contributed by atoms with Gasteiger partial charge in [-0.2, -0.15) is 0 Å². The van der Waals surface area contributed by atoms with Crippen LogP contribution in [0.25, 0.3) is 0 Å². The number of hydrogen-bond acceptors (Lipinski definition) is 3. The lowest BCUT2D eigenvalue weighted by Crippen LogP contribution is -2.13. The van der Waals surface area contributed by atoms with Crippen molar-refractivity contribution in [3.63, 3.8) is 0 Å². The van der Waals surface area contributed by atoms with Gasteiger partial charge in [-0.15, -0.1) is 0 Å². The van der Waals surface area contributed by atoms with E-state index in [1.807, 2.05) is 26.1 Å². The van der Waals surface area contributed by atoms with E-state index >= 15 is 0 Å². The fourth-order valence-corrected chi connectivity index (χ4v) is 1.84. The lowest BCUT2D eigenvalue weighted by atomic mass is 10.1. The van der Waals surface area contributed by atoms with Crippen LogP contribution in [-0.2, 0) is 0 Å². The van der Waals surface area contributed by atoms with Crippen LogP contribution in [-0.4, -0.2) is 17.9 Å². The highest BCUT2D eigenvalue weighted by Crippen LogP contribution is 2.17. The monoisotopic (exact) mass is 275 g/mol. The number of aryl methyl sites for hydroxylation is 1. The van der Waals surface area contributed by atoms with Gasteiger partial charge in [0, 0.05) is 24.5 Å².